The first kappa shape index (κ1) is 11.2. The molecule has 1 unspecified atom stereocenters. The predicted molar refractivity (Wildman–Crippen MR) is 68.2 cm³/mol. The SMILES string of the molecule is CC1CCc2nc(-c3cnn(C)c3)[nH]c(=O)c2C1. The number of aromatic amines is 1. The van der Waals surface area contributed by atoms with E-state index in [1.54, 1.807) is 10.9 Å². The first-order chi connectivity index (χ1) is 8.63. The van der Waals surface area contributed by atoms with Gasteiger partial charge in [-0.1, -0.05) is 6.92 Å². The van der Waals surface area contributed by atoms with Crippen molar-refractivity contribution in [3.63, 3.8) is 0 Å². The third-order valence-electron chi connectivity index (χ3n) is 3.51. The molecule has 2 heterocycles. The van der Waals surface area contributed by atoms with Crippen LogP contribution >= 0.6 is 0 Å². The Bertz CT molecular complexity index is 641. The maximum absolute atomic E-state index is 12.1. The summed E-state index contributed by atoms with van der Waals surface area (Å²) in [5.41, 5.74) is 2.68. The molecule has 0 saturated carbocycles. The quantitative estimate of drug-likeness (QED) is 0.822. The van der Waals surface area contributed by atoms with Crippen LogP contribution in [0, 0.1) is 5.92 Å². The van der Waals surface area contributed by atoms with Crippen molar-refractivity contribution in [2.75, 3.05) is 0 Å². The van der Waals surface area contributed by atoms with E-state index in [2.05, 4.69) is 22.0 Å². The van der Waals surface area contributed by atoms with Crippen molar-refractivity contribution in [1.82, 2.24) is 19.7 Å². The van der Waals surface area contributed by atoms with Gasteiger partial charge in [0.1, 0.15) is 5.82 Å². The second-order valence-corrected chi connectivity index (χ2v) is 5.09. The van der Waals surface area contributed by atoms with Crippen molar-refractivity contribution < 1.29 is 0 Å². The average molecular weight is 244 g/mol. The summed E-state index contributed by atoms with van der Waals surface area (Å²) in [5, 5.41) is 4.10. The first-order valence-electron chi connectivity index (χ1n) is 6.24. The van der Waals surface area contributed by atoms with Gasteiger partial charge in [-0.3, -0.25) is 9.48 Å². The zero-order valence-electron chi connectivity index (χ0n) is 10.6. The Morgan fingerprint density at radius 2 is 2.33 bits per heavy atom. The topological polar surface area (TPSA) is 63.6 Å². The van der Waals surface area contributed by atoms with Gasteiger partial charge in [-0.05, 0) is 25.2 Å². The van der Waals surface area contributed by atoms with Crippen molar-refractivity contribution in [3.05, 3.63) is 34.0 Å². The van der Waals surface area contributed by atoms with E-state index in [0.29, 0.717) is 11.7 Å². The van der Waals surface area contributed by atoms with Crippen LogP contribution in [0.5, 0.6) is 0 Å². The van der Waals surface area contributed by atoms with Gasteiger partial charge in [0.15, 0.2) is 0 Å². The van der Waals surface area contributed by atoms with Crippen LogP contribution in [-0.4, -0.2) is 19.7 Å². The zero-order valence-corrected chi connectivity index (χ0v) is 10.6. The standard InChI is InChI=1S/C13H16N4O/c1-8-3-4-11-10(5-8)13(18)16-12(15-11)9-6-14-17(2)7-9/h6-8H,3-5H2,1-2H3,(H,15,16,18). The molecule has 1 aliphatic carbocycles. The number of nitrogens with zero attached hydrogens (tertiary/aromatic N) is 3. The number of hydrogen-bond donors (Lipinski definition) is 1. The second-order valence-electron chi connectivity index (χ2n) is 5.09. The molecule has 0 spiro atoms. The molecule has 0 aromatic carbocycles. The van der Waals surface area contributed by atoms with Crippen LogP contribution in [0.2, 0.25) is 0 Å². The summed E-state index contributed by atoms with van der Waals surface area (Å²) in [4.78, 5) is 19.5. The minimum absolute atomic E-state index is 0.00500. The van der Waals surface area contributed by atoms with Crippen LogP contribution in [0.4, 0.5) is 0 Å². The second kappa shape index (κ2) is 4.08. The van der Waals surface area contributed by atoms with Crippen LogP contribution in [0.3, 0.4) is 0 Å². The smallest absolute Gasteiger partial charge is 0.254 e. The van der Waals surface area contributed by atoms with Gasteiger partial charge in [-0.25, -0.2) is 4.98 Å². The molecule has 2 aromatic heterocycles. The minimum atomic E-state index is 0.00500. The predicted octanol–water partition coefficient (Wildman–Crippen LogP) is 1.30. The summed E-state index contributed by atoms with van der Waals surface area (Å²) in [5.74, 6) is 1.20. The minimum Gasteiger partial charge on any atom is -0.306 e. The van der Waals surface area contributed by atoms with Gasteiger partial charge in [0.05, 0.1) is 17.5 Å². The van der Waals surface area contributed by atoms with E-state index in [1.807, 2.05) is 13.2 Å². The van der Waals surface area contributed by atoms with Gasteiger partial charge in [0.25, 0.3) is 5.56 Å². The van der Waals surface area contributed by atoms with E-state index in [-0.39, 0.29) is 5.56 Å². The van der Waals surface area contributed by atoms with Crippen LogP contribution < -0.4 is 5.56 Å². The summed E-state index contributed by atoms with van der Waals surface area (Å²) >= 11 is 0. The number of hydrogen-bond acceptors (Lipinski definition) is 3. The van der Waals surface area contributed by atoms with Crippen LogP contribution in [0.1, 0.15) is 24.6 Å². The number of rotatable bonds is 1. The third kappa shape index (κ3) is 1.85. The fourth-order valence-corrected chi connectivity index (χ4v) is 2.48. The highest BCUT2D eigenvalue weighted by molar-refractivity contribution is 5.52. The Hall–Kier alpha value is -1.91. The highest BCUT2D eigenvalue weighted by Gasteiger charge is 2.20. The largest absolute Gasteiger partial charge is 0.306 e. The number of aromatic nitrogens is 4. The molecule has 5 heteroatoms. The normalized spacial score (nSPS) is 18.7. The van der Waals surface area contributed by atoms with Crippen molar-refractivity contribution in [3.8, 4) is 11.4 Å². The van der Waals surface area contributed by atoms with Crippen molar-refractivity contribution in [2.45, 2.75) is 26.2 Å². The molecule has 1 aliphatic rings. The lowest BCUT2D eigenvalue weighted by Gasteiger charge is -2.19. The Balaban J connectivity index is 2.09. The van der Waals surface area contributed by atoms with Crippen LogP contribution in [0.25, 0.3) is 11.4 Å². The molecule has 3 rings (SSSR count). The first-order valence-corrected chi connectivity index (χ1v) is 6.24. The highest BCUT2D eigenvalue weighted by atomic mass is 16.1. The van der Waals surface area contributed by atoms with E-state index in [1.165, 1.54) is 0 Å². The van der Waals surface area contributed by atoms with Gasteiger partial charge in [-0.15, -0.1) is 0 Å². The molecular formula is C13H16N4O. The van der Waals surface area contributed by atoms with E-state index >= 15 is 0 Å². The Kier molecular flexibility index (Phi) is 2.54. The number of nitrogens with one attached hydrogen (secondary N) is 1. The number of fused-ring (bicyclic) bond motifs is 1. The fraction of sp³-hybridized carbons (Fsp3) is 0.462. The molecule has 0 fully saturated rings. The molecule has 0 radical (unpaired) electrons. The molecule has 94 valence electrons. The highest BCUT2D eigenvalue weighted by Crippen LogP contribution is 2.22. The van der Waals surface area contributed by atoms with E-state index < -0.39 is 0 Å². The molecule has 1 atom stereocenters. The monoisotopic (exact) mass is 244 g/mol. The molecule has 5 nitrogen and oxygen atoms in total. The van der Waals surface area contributed by atoms with Gasteiger partial charge in [-0.2, -0.15) is 5.10 Å². The molecule has 18 heavy (non-hydrogen) atoms. The zero-order chi connectivity index (χ0) is 12.7. The fourth-order valence-electron chi connectivity index (χ4n) is 2.48. The lowest BCUT2D eigenvalue weighted by molar-refractivity contribution is 0.489. The summed E-state index contributed by atoms with van der Waals surface area (Å²) < 4.78 is 1.71. The Labute approximate surface area is 105 Å². The molecule has 0 amide bonds. The van der Waals surface area contributed by atoms with Crippen molar-refractivity contribution >= 4 is 0 Å². The van der Waals surface area contributed by atoms with Crippen molar-refractivity contribution in [2.24, 2.45) is 13.0 Å². The summed E-state index contributed by atoms with van der Waals surface area (Å²) in [6.07, 6.45) is 6.42. The molecule has 0 saturated heterocycles. The molecular weight excluding hydrogens is 228 g/mol. The summed E-state index contributed by atoms with van der Waals surface area (Å²) in [7, 11) is 1.85. The lowest BCUT2D eigenvalue weighted by atomic mass is 9.88. The molecule has 1 N–H and O–H groups in total. The Morgan fingerprint density at radius 3 is 3.06 bits per heavy atom. The summed E-state index contributed by atoms with van der Waals surface area (Å²) in [6.45, 7) is 2.18. The van der Waals surface area contributed by atoms with Crippen LogP contribution in [-0.2, 0) is 19.9 Å². The van der Waals surface area contributed by atoms with E-state index in [9.17, 15) is 4.79 Å². The maximum Gasteiger partial charge on any atom is 0.254 e. The van der Waals surface area contributed by atoms with Gasteiger partial charge in [0.2, 0.25) is 0 Å². The van der Waals surface area contributed by atoms with Gasteiger partial charge in [0, 0.05) is 18.8 Å². The molecule has 2 aromatic rings. The molecule has 0 bridgehead atoms. The number of H-pyrrole nitrogens is 1. The van der Waals surface area contributed by atoms with E-state index in [4.69, 9.17) is 0 Å². The number of aryl methyl sites for hydroxylation is 2. The average Bonchev–Trinajstić information content (AvgIpc) is 2.77. The third-order valence-corrected chi connectivity index (χ3v) is 3.51. The Morgan fingerprint density at radius 1 is 1.50 bits per heavy atom. The van der Waals surface area contributed by atoms with Crippen LogP contribution in [0.15, 0.2) is 17.2 Å². The van der Waals surface area contributed by atoms with Crippen molar-refractivity contribution in [1.29, 1.82) is 0 Å². The van der Waals surface area contributed by atoms with Gasteiger partial charge >= 0.3 is 0 Å². The van der Waals surface area contributed by atoms with Gasteiger partial charge < -0.3 is 4.98 Å². The lowest BCUT2D eigenvalue weighted by Crippen LogP contribution is -2.24. The maximum atomic E-state index is 12.1. The molecule has 0 aliphatic heterocycles. The van der Waals surface area contributed by atoms with E-state index in [0.717, 1.165) is 36.1 Å². The summed E-state index contributed by atoms with van der Waals surface area (Å²) in [6, 6.07) is 0.